The number of methoxy groups -OCH3 is 1. The molecule has 1 fully saturated rings. The number of hydrogen-bond acceptors (Lipinski definition) is 6. The molecular formula is C18H26O4S2. The third kappa shape index (κ3) is 7.47. The molecule has 1 aliphatic rings. The molecule has 1 saturated heterocycles. The van der Waals surface area contributed by atoms with Crippen LogP contribution < -0.4 is 4.74 Å². The van der Waals surface area contributed by atoms with Crippen LogP contribution in [0.15, 0.2) is 24.3 Å². The maximum absolute atomic E-state index is 12.0. The molecule has 1 aliphatic heterocycles. The summed E-state index contributed by atoms with van der Waals surface area (Å²) in [5, 5.41) is 9.98. The Bertz CT molecular complexity index is 486. The first-order valence-corrected chi connectivity index (χ1v) is 10.4. The molecule has 0 aliphatic carbocycles. The van der Waals surface area contributed by atoms with Crippen LogP contribution in [-0.4, -0.2) is 46.8 Å². The number of ketones is 1. The fourth-order valence-electron chi connectivity index (χ4n) is 2.42. The van der Waals surface area contributed by atoms with Gasteiger partial charge in [0.2, 0.25) is 0 Å². The predicted molar refractivity (Wildman–Crippen MR) is 101 cm³/mol. The maximum Gasteiger partial charge on any atom is 0.137 e. The molecule has 0 amide bonds. The number of rotatable bonds is 10. The van der Waals surface area contributed by atoms with Crippen LogP contribution in [0.25, 0.3) is 0 Å². The first-order chi connectivity index (χ1) is 11.7. The molecule has 6 heteroatoms. The van der Waals surface area contributed by atoms with Gasteiger partial charge in [0.25, 0.3) is 0 Å². The fourth-order valence-corrected chi connectivity index (χ4v) is 5.32. The summed E-state index contributed by atoms with van der Waals surface area (Å²) in [5.41, 5.74) is 1.06. The zero-order valence-corrected chi connectivity index (χ0v) is 15.7. The summed E-state index contributed by atoms with van der Waals surface area (Å²) in [6.07, 6.45) is 1.93. The van der Waals surface area contributed by atoms with Gasteiger partial charge in [-0.1, -0.05) is 12.1 Å². The van der Waals surface area contributed by atoms with Crippen LogP contribution in [0.4, 0.5) is 0 Å². The third-order valence-corrected chi connectivity index (χ3v) is 6.72. The van der Waals surface area contributed by atoms with E-state index in [1.54, 1.807) is 7.11 Å². The summed E-state index contributed by atoms with van der Waals surface area (Å²) in [4.78, 5) is 12.0. The highest BCUT2D eigenvalue weighted by molar-refractivity contribution is 8.17. The molecule has 0 saturated carbocycles. The number of hydrogen-bond donors (Lipinski definition) is 1. The van der Waals surface area contributed by atoms with Crippen LogP contribution in [0.2, 0.25) is 0 Å². The molecule has 24 heavy (non-hydrogen) atoms. The van der Waals surface area contributed by atoms with E-state index >= 15 is 0 Å². The van der Waals surface area contributed by atoms with E-state index < -0.39 is 6.10 Å². The van der Waals surface area contributed by atoms with Gasteiger partial charge in [0.15, 0.2) is 0 Å². The van der Waals surface area contributed by atoms with Gasteiger partial charge in [0.05, 0.1) is 24.4 Å². The minimum atomic E-state index is -0.605. The maximum atomic E-state index is 12.0. The van der Waals surface area contributed by atoms with Crippen molar-refractivity contribution in [3.8, 4) is 5.75 Å². The summed E-state index contributed by atoms with van der Waals surface area (Å²) in [7, 11) is 1.64. The molecule has 1 aromatic carbocycles. The molecule has 4 nitrogen and oxygen atoms in total. The summed E-state index contributed by atoms with van der Waals surface area (Å²) in [5.74, 6) is 3.27. The van der Waals surface area contributed by atoms with Crippen molar-refractivity contribution in [2.24, 2.45) is 0 Å². The minimum absolute atomic E-state index is 0.157. The SMILES string of the molecule is COc1ccc(COCC[C@H](O)CC(=O)CC2SCCCS2)cc1. The standard InChI is InChI=1S/C18H26O4S2/c1-21-17-5-3-14(4-6-17)13-22-8-7-15(19)11-16(20)12-18-23-9-2-10-24-18/h3-6,15,18-19H,2,7-13H2,1H3/t15-/m0/s1. The van der Waals surface area contributed by atoms with E-state index in [1.807, 2.05) is 47.8 Å². The number of carbonyl (C=O) groups is 1. The lowest BCUT2D eigenvalue weighted by Gasteiger charge is -2.20. The summed E-state index contributed by atoms with van der Waals surface area (Å²) < 4.78 is 11.1. The summed E-state index contributed by atoms with van der Waals surface area (Å²) in [6, 6.07) is 7.71. The Kier molecular flexibility index (Phi) is 9.02. The minimum Gasteiger partial charge on any atom is -0.497 e. The molecule has 1 aromatic rings. The number of thioether (sulfide) groups is 2. The molecule has 1 atom stereocenters. The summed E-state index contributed by atoms with van der Waals surface area (Å²) in [6.45, 7) is 0.952. The van der Waals surface area contributed by atoms with Gasteiger partial charge in [-0.15, -0.1) is 23.5 Å². The highest BCUT2D eigenvalue weighted by Crippen LogP contribution is 2.33. The zero-order chi connectivity index (χ0) is 17.2. The molecule has 0 radical (unpaired) electrons. The Morgan fingerprint density at radius 1 is 1.29 bits per heavy atom. The van der Waals surface area contributed by atoms with E-state index in [0.717, 1.165) is 22.8 Å². The van der Waals surface area contributed by atoms with Crippen LogP contribution in [0.5, 0.6) is 5.75 Å². The van der Waals surface area contributed by atoms with Gasteiger partial charge < -0.3 is 14.6 Å². The molecule has 1 heterocycles. The van der Waals surface area contributed by atoms with Gasteiger partial charge in [0, 0.05) is 19.4 Å². The van der Waals surface area contributed by atoms with E-state index in [-0.39, 0.29) is 12.2 Å². The third-order valence-electron chi connectivity index (χ3n) is 3.78. The van der Waals surface area contributed by atoms with Crippen molar-refractivity contribution < 1.29 is 19.4 Å². The van der Waals surface area contributed by atoms with Gasteiger partial charge in [-0.3, -0.25) is 4.79 Å². The molecule has 0 bridgehead atoms. The quantitative estimate of drug-likeness (QED) is 0.636. The van der Waals surface area contributed by atoms with Crippen molar-refractivity contribution in [2.75, 3.05) is 25.2 Å². The fraction of sp³-hybridized carbons (Fsp3) is 0.611. The van der Waals surface area contributed by atoms with Crippen molar-refractivity contribution >= 4 is 29.3 Å². The Labute approximate surface area is 152 Å². The molecule has 1 N–H and O–H groups in total. The normalized spacial score (nSPS) is 16.8. The number of benzene rings is 1. The van der Waals surface area contributed by atoms with Crippen LogP contribution in [-0.2, 0) is 16.1 Å². The number of carbonyl (C=O) groups excluding carboxylic acids is 1. The lowest BCUT2D eigenvalue weighted by molar-refractivity contribution is -0.120. The number of aliphatic hydroxyl groups excluding tert-OH is 1. The first kappa shape index (κ1) is 19.6. The molecule has 0 aromatic heterocycles. The molecule has 0 spiro atoms. The highest BCUT2D eigenvalue weighted by Gasteiger charge is 2.19. The van der Waals surface area contributed by atoms with Crippen LogP contribution in [0.1, 0.15) is 31.2 Å². The van der Waals surface area contributed by atoms with Gasteiger partial charge in [-0.05, 0) is 42.0 Å². The van der Waals surface area contributed by atoms with Gasteiger partial charge in [-0.25, -0.2) is 0 Å². The predicted octanol–water partition coefficient (Wildman–Crippen LogP) is 3.51. The molecule has 0 unspecified atom stereocenters. The first-order valence-electron chi connectivity index (χ1n) is 8.31. The largest absolute Gasteiger partial charge is 0.497 e. The van der Waals surface area contributed by atoms with Gasteiger partial charge in [0.1, 0.15) is 11.5 Å². The van der Waals surface area contributed by atoms with Crippen molar-refractivity contribution in [1.82, 2.24) is 0 Å². The second-order valence-electron chi connectivity index (χ2n) is 5.81. The van der Waals surface area contributed by atoms with Crippen molar-refractivity contribution in [2.45, 2.75) is 43.0 Å². The second kappa shape index (κ2) is 11.0. The molecule has 134 valence electrons. The number of Topliss-reactive ketones (excluding diaryl/α,β-unsaturated/α-hetero) is 1. The van der Waals surface area contributed by atoms with Gasteiger partial charge in [-0.2, -0.15) is 0 Å². The number of ether oxygens (including phenoxy) is 2. The van der Waals surface area contributed by atoms with E-state index in [0.29, 0.717) is 30.6 Å². The van der Waals surface area contributed by atoms with Crippen LogP contribution >= 0.6 is 23.5 Å². The average molecular weight is 371 g/mol. The van der Waals surface area contributed by atoms with Crippen molar-refractivity contribution in [1.29, 1.82) is 0 Å². The van der Waals surface area contributed by atoms with Crippen molar-refractivity contribution in [3.05, 3.63) is 29.8 Å². The average Bonchev–Trinajstić information content (AvgIpc) is 2.60. The van der Waals surface area contributed by atoms with Crippen LogP contribution in [0, 0.1) is 0 Å². The Morgan fingerprint density at radius 2 is 2.00 bits per heavy atom. The topological polar surface area (TPSA) is 55.8 Å². The smallest absolute Gasteiger partial charge is 0.137 e. The molecular weight excluding hydrogens is 344 g/mol. The molecule has 2 rings (SSSR count). The van der Waals surface area contributed by atoms with Crippen molar-refractivity contribution in [3.63, 3.8) is 0 Å². The lowest BCUT2D eigenvalue weighted by atomic mass is 10.1. The van der Waals surface area contributed by atoms with E-state index in [2.05, 4.69) is 0 Å². The Hall–Kier alpha value is -0.690. The lowest BCUT2D eigenvalue weighted by Crippen LogP contribution is -2.19. The highest BCUT2D eigenvalue weighted by atomic mass is 32.2. The monoisotopic (exact) mass is 370 g/mol. The van der Waals surface area contributed by atoms with E-state index in [1.165, 1.54) is 6.42 Å². The number of aliphatic hydroxyl groups is 1. The van der Waals surface area contributed by atoms with Crippen LogP contribution in [0.3, 0.4) is 0 Å². The Morgan fingerprint density at radius 3 is 2.67 bits per heavy atom. The Balaban J connectivity index is 1.56. The van der Waals surface area contributed by atoms with Gasteiger partial charge >= 0.3 is 0 Å². The summed E-state index contributed by atoms with van der Waals surface area (Å²) >= 11 is 3.73. The van der Waals surface area contributed by atoms with E-state index in [9.17, 15) is 9.90 Å². The van der Waals surface area contributed by atoms with E-state index in [4.69, 9.17) is 9.47 Å². The second-order valence-corrected chi connectivity index (χ2v) is 8.73. The zero-order valence-electron chi connectivity index (χ0n) is 14.1.